The molecule has 0 aliphatic carbocycles. The number of hydrogen-bond acceptors (Lipinski definition) is 3. The molecule has 230 valence electrons. The zero-order chi connectivity index (χ0) is 32.3. The number of hydrogen-bond donors (Lipinski definition) is 0. The summed E-state index contributed by atoms with van der Waals surface area (Å²) in [6.45, 7) is 0. The van der Waals surface area contributed by atoms with Crippen molar-refractivity contribution in [1.82, 2.24) is 9.55 Å². The molecule has 8 aromatic carbocycles. The van der Waals surface area contributed by atoms with Crippen LogP contribution in [0.5, 0.6) is 0 Å². The van der Waals surface area contributed by atoms with Gasteiger partial charge in [-0.05, 0) is 100 Å². The largest absolute Gasteiger partial charge is 0.434 e. The van der Waals surface area contributed by atoms with Crippen LogP contribution in [0.4, 0.5) is 17.1 Å². The van der Waals surface area contributed by atoms with Crippen molar-refractivity contribution in [3.8, 4) is 17.1 Å². The third-order valence-electron chi connectivity index (χ3n) is 9.54. The normalized spacial score (nSPS) is 11.7. The maximum absolute atomic E-state index is 6.61. The lowest BCUT2D eigenvalue weighted by Gasteiger charge is -2.26. The van der Waals surface area contributed by atoms with E-state index in [1.807, 2.05) is 36.4 Å². The number of fused-ring (bicyclic) bond motifs is 6. The van der Waals surface area contributed by atoms with E-state index in [9.17, 15) is 0 Å². The SMILES string of the molecule is c1ccc(-c2nc3cccc(N(c4ccc5ccccc5c4)c4ccc5c(c4)c4cc6ccccc6cc4n5-c4ccccc4)c3o2)cc1. The third-order valence-corrected chi connectivity index (χ3v) is 9.54. The Balaban J connectivity index is 1.26. The fourth-order valence-corrected chi connectivity index (χ4v) is 7.25. The van der Waals surface area contributed by atoms with E-state index in [1.165, 1.54) is 37.8 Å². The fraction of sp³-hybridized carbons (Fsp3) is 0. The molecule has 0 fully saturated rings. The minimum Gasteiger partial charge on any atom is -0.434 e. The average molecular weight is 628 g/mol. The van der Waals surface area contributed by atoms with Crippen LogP contribution in [0.3, 0.4) is 0 Å². The summed E-state index contributed by atoms with van der Waals surface area (Å²) in [6, 6.07) is 62.2. The van der Waals surface area contributed by atoms with Gasteiger partial charge < -0.3 is 13.9 Å². The van der Waals surface area contributed by atoms with Crippen LogP contribution in [0.2, 0.25) is 0 Å². The van der Waals surface area contributed by atoms with E-state index in [2.05, 4.69) is 149 Å². The van der Waals surface area contributed by atoms with Crippen molar-refractivity contribution in [3.63, 3.8) is 0 Å². The Kier molecular flexibility index (Phi) is 6.15. The van der Waals surface area contributed by atoms with Gasteiger partial charge >= 0.3 is 0 Å². The lowest BCUT2D eigenvalue weighted by Crippen LogP contribution is -2.10. The van der Waals surface area contributed by atoms with Gasteiger partial charge in [0.05, 0.1) is 16.7 Å². The van der Waals surface area contributed by atoms with Crippen LogP contribution in [-0.2, 0) is 0 Å². The molecule has 0 amide bonds. The molecule has 4 nitrogen and oxygen atoms in total. The molecule has 10 rings (SSSR count). The van der Waals surface area contributed by atoms with E-state index >= 15 is 0 Å². The minimum absolute atomic E-state index is 0.606. The lowest BCUT2D eigenvalue weighted by atomic mass is 10.0. The molecule has 10 aromatic rings. The Morgan fingerprint density at radius 2 is 1.10 bits per heavy atom. The van der Waals surface area contributed by atoms with Crippen molar-refractivity contribution < 1.29 is 4.42 Å². The van der Waals surface area contributed by atoms with Crippen molar-refractivity contribution in [2.45, 2.75) is 0 Å². The summed E-state index contributed by atoms with van der Waals surface area (Å²) in [5.41, 5.74) is 8.98. The molecule has 0 bridgehead atoms. The van der Waals surface area contributed by atoms with Crippen LogP contribution in [0.1, 0.15) is 0 Å². The molecular formula is C45H29N3O. The van der Waals surface area contributed by atoms with Crippen LogP contribution in [0.15, 0.2) is 180 Å². The maximum atomic E-state index is 6.61. The second kappa shape index (κ2) is 11.0. The first-order valence-corrected chi connectivity index (χ1v) is 16.5. The standard InChI is InChI=1S/C45H29N3O/c1-3-13-31(14-4-1)45-46-40-20-11-21-42(44(40)49-45)47(36-23-22-30-12-7-8-15-32(30)26-36)37-24-25-41-39(29-37)38-27-33-16-9-10-17-34(33)28-43(38)48(41)35-18-5-2-6-19-35/h1-29H. The van der Waals surface area contributed by atoms with E-state index in [4.69, 9.17) is 9.40 Å². The Hall–Kier alpha value is -6.65. The highest BCUT2D eigenvalue weighted by atomic mass is 16.3. The number of oxazole rings is 1. The van der Waals surface area contributed by atoms with Crippen molar-refractivity contribution in [2.75, 3.05) is 4.90 Å². The average Bonchev–Trinajstić information content (AvgIpc) is 3.74. The second-order valence-corrected chi connectivity index (χ2v) is 12.5. The Morgan fingerprint density at radius 3 is 1.90 bits per heavy atom. The lowest BCUT2D eigenvalue weighted by molar-refractivity contribution is 0.620. The molecule has 0 aliphatic heterocycles. The van der Waals surface area contributed by atoms with Crippen LogP contribution in [0.25, 0.3) is 71.6 Å². The maximum Gasteiger partial charge on any atom is 0.227 e. The van der Waals surface area contributed by atoms with Gasteiger partial charge in [-0.3, -0.25) is 0 Å². The second-order valence-electron chi connectivity index (χ2n) is 12.5. The Bertz CT molecular complexity index is 2830. The van der Waals surface area contributed by atoms with Crippen molar-refractivity contribution in [3.05, 3.63) is 176 Å². The molecule has 0 N–H and O–H groups in total. The summed E-state index contributed by atoms with van der Waals surface area (Å²) in [7, 11) is 0. The van der Waals surface area contributed by atoms with E-state index < -0.39 is 0 Å². The first kappa shape index (κ1) is 27.5. The summed E-state index contributed by atoms with van der Waals surface area (Å²) in [5, 5.41) is 7.21. The van der Waals surface area contributed by atoms with Crippen LogP contribution in [-0.4, -0.2) is 9.55 Å². The summed E-state index contributed by atoms with van der Waals surface area (Å²) in [4.78, 5) is 7.23. The summed E-state index contributed by atoms with van der Waals surface area (Å²) in [5.74, 6) is 0.606. The van der Waals surface area contributed by atoms with Crippen molar-refractivity contribution in [2.24, 2.45) is 0 Å². The van der Waals surface area contributed by atoms with Crippen LogP contribution in [0, 0.1) is 0 Å². The van der Waals surface area contributed by atoms with Gasteiger partial charge in [0.15, 0.2) is 5.58 Å². The van der Waals surface area contributed by atoms with Crippen LogP contribution >= 0.6 is 0 Å². The number of rotatable bonds is 5. The van der Waals surface area contributed by atoms with Crippen LogP contribution < -0.4 is 4.90 Å². The fourth-order valence-electron chi connectivity index (χ4n) is 7.25. The molecule has 0 atom stereocenters. The van der Waals surface area contributed by atoms with Crippen molar-refractivity contribution in [1.29, 1.82) is 0 Å². The smallest absolute Gasteiger partial charge is 0.227 e. The number of para-hydroxylation sites is 2. The molecule has 49 heavy (non-hydrogen) atoms. The van der Waals surface area contributed by atoms with E-state index in [0.717, 1.165) is 44.9 Å². The molecule has 2 heterocycles. The molecule has 0 aliphatic rings. The molecule has 0 unspecified atom stereocenters. The molecule has 4 heteroatoms. The first-order chi connectivity index (χ1) is 24.3. The summed E-state index contributed by atoms with van der Waals surface area (Å²) >= 11 is 0. The molecule has 0 radical (unpaired) electrons. The van der Waals surface area contributed by atoms with Gasteiger partial charge in [-0.1, -0.05) is 97.1 Å². The van der Waals surface area contributed by atoms with Gasteiger partial charge in [-0.15, -0.1) is 0 Å². The van der Waals surface area contributed by atoms with Gasteiger partial charge in [0.25, 0.3) is 0 Å². The predicted octanol–water partition coefficient (Wildman–Crippen LogP) is 12.4. The van der Waals surface area contributed by atoms with Crippen molar-refractivity contribution >= 4 is 71.5 Å². The van der Waals surface area contributed by atoms with Gasteiger partial charge in [-0.25, -0.2) is 4.98 Å². The topological polar surface area (TPSA) is 34.2 Å². The number of nitrogens with zero attached hydrogens (tertiary/aromatic N) is 3. The van der Waals surface area contributed by atoms with Gasteiger partial charge in [0.1, 0.15) is 5.52 Å². The quantitative estimate of drug-likeness (QED) is 0.190. The highest BCUT2D eigenvalue weighted by molar-refractivity contribution is 6.15. The van der Waals surface area contributed by atoms with E-state index in [-0.39, 0.29) is 0 Å². The van der Waals surface area contributed by atoms with E-state index in [1.54, 1.807) is 0 Å². The van der Waals surface area contributed by atoms with Gasteiger partial charge in [0, 0.05) is 33.4 Å². The molecule has 0 saturated carbocycles. The Morgan fingerprint density at radius 1 is 0.469 bits per heavy atom. The molecule has 0 saturated heterocycles. The third kappa shape index (κ3) is 4.49. The summed E-state index contributed by atoms with van der Waals surface area (Å²) in [6.07, 6.45) is 0. The highest BCUT2D eigenvalue weighted by Gasteiger charge is 2.22. The zero-order valence-corrected chi connectivity index (χ0v) is 26.5. The zero-order valence-electron chi connectivity index (χ0n) is 26.5. The molecule has 0 spiro atoms. The monoisotopic (exact) mass is 627 g/mol. The first-order valence-electron chi connectivity index (χ1n) is 16.5. The molecule has 2 aromatic heterocycles. The highest BCUT2D eigenvalue weighted by Crippen LogP contribution is 2.44. The van der Waals surface area contributed by atoms with Gasteiger partial charge in [-0.2, -0.15) is 0 Å². The summed E-state index contributed by atoms with van der Waals surface area (Å²) < 4.78 is 8.99. The predicted molar refractivity (Wildman–Crippen MR) is 203 cm³/mol. The van der Waals surface area contributed by atoms with Gasteiger partial charge in [0.2, 0.25) is 5.89 Å². The molecular weight excluding hydrogens is 599 g/mol. The number of anilines is 3. The van der Waals surface area contributed by atoms with E-state index in [0.29, 0.717) is 5.89 Å². The Labute approximate surface area is 282 Å². The number of benzene rings is 8. The number of aromatic nitrogens is 2. The minimum atomic E-state index is 0.606.